The number of nitrogens with zero attached hydrogens (tertiary/aromatic N) is 2. The van der Waals surface area contributed by atoms with E-state index in [-0.39, 0.29) is 17.7 Å². The number of rotatable bonds is 6. The Bertz CT molecular complexity index is 1320. The van der Waals surface area contributed by atoms with E-state index in [1.165, 1.54) is 17.3 Å². The summed E-state index contributed by atoms with van der Waals surface area (Å²) in [6.45, 7) is 6.17. The minimum Gasteiger partial charge on any atom is -0.422 e. The molecule has 0 radical (unpaired) electrons. The maximum Gasteiger partial charge on any atom is 0.343 e. The number of hydrogen-bond donors (Lipinski definition) is 1. The normalized spacial score (nSPS) is 18.9. The Hall–Kier alpha value is -3.42. The SMILES string of the molecule is CCCCCCN1C(=O)NC(=O)/C(=C\c2c(C)c3cc4c5c(c3oc2=O)CCCN5CCC4)C1=O. The smallest absolute Gasteiger partial charge is 0.343 e. The van der Waals surface area contributed by atoms with Gasteiger partial charge in [-0.2, -0.15) is 0 Å². The summed E-state index contributed by atoms with van der Waals surface area (Å²) in [6.07, 6.45) is 8.80. The molecule has 3 aliphatic rings. The second kappa shape index (κ2) is 9.32. The first-order valence-electron chi connectivity index (χ1n) is 12.7. The van der Waals surface area contributed by atoms with Gasteiger partial charge in [0.1, 0.15) is 11.2 Å². The standard InChI is InChI=1S/C27H31N3O5/c1-3-4-5-6-13-30-25(32)21(24(31)28-27(30)34)15-20-16(2)19-14-17-9-7-11-29-12-8-10-18(22(17)29)23(19)35-26(20)33/h14-15H,3-13H2,1-2H3,(H,28,31,34)/b21-15+. The number of imide groups is 2. The first-order valence-corrected chi connectivity index (χ1v) is 12.7. The summed E-state index contributed by atoms with van der Waals surface area (Å²) >= 11 is 0. The summed E-state index contributed by atoms with van der Waals surface area (Å²) in [7, 11) is 0. The van der Waals surface area contributed by atoms with Gasteiger partial charge < -0.3 is 9.32 Å². The number of unbranched alkanes of at least 4 members (excludes halogenated alkanes) is 3. The summed E-state index contributed by atoms with van der Waals surface area (Å²) in [5.74, 6) is -1.47. The molecular weight excluding hydrogens is 446 g/mol. The molecule has 1 saturated heterocycles. The van der Waals surface area contributed by atoms with Crippen LogP contribution < -0.4 is 15.8 Å². The topological polar surface area (TPSA) is 99.9 Å². The number of aryl methyl sites for hydroxylation is 3. The van der Waals surface area contributed by atoms with E-state index in [1.807, 2.05) is 6.92 Å². The van der Waals surface area contributed by atoms with Gasteiger partial charge in [-0.25, -0.2) is 9.59 Å². The van der Waals surface area contributed by atoms with Crippen molar-refractivity contribution in [1.29, 1.82) is 0 Å². The number of carbonyl (C=O) groups excluding carboxylic acids is 3. The van der Waals surface area contributed by atoms with Crippen LogP contribution in [0, 0.1) is 6.92 Å². The molecule has 4 amide bonds. The van der Waals surface area contributed by atoms with Crippen molar-refractivity contribution in [3.8, 4) is 0 Å². The summed E-state index contributed by atoms with van der Waals surface area (Å²) in [5, 5.41) is 3.08. The molecule has 0 bridgehead atoms. The fourth-order valence-electron chi connectivity index (χ4n) is 5.58. The number of barbiturate groups is 1. The maximum atomic E-state index is 13.1. The fourth-order valence-corrected chi connectivity index (χ4v) is 5.58. The van der Waals surface area contributed by atoms with Gasteiger partial charge in [0, 0.05) is 36.3 Å². The van der Waals surface area contributed by atoms with E-state index in [0.29, 0.717) is 17.6 Å². The number of hydrogen-bond acceptors (Lipinski definition) is 6. The van der Waals surface area contributed by atoms with Gasteiger partial charge in [-0.05, 0) is 62.3 Å². The number of fused-ring (bicyclic) bond motifs is 2. The molecule has 2 aromatic rings. The van der Waals surface area contributed by atoms with Crippen molar-refractivity contribution < 1.29 is 18.8 Å². The van der Waals surface area contributed by atoms with E-state index in [1.54, 1.807) is 0 Å². The highest BCUT2D eigenvalue weighted by atomic mass is 16.4. The fraction of sp³-hybridized carbons (Fsp3) is 0.481. The van der Waals surface area contributed by atoms with Crippen LogP contribution in [0.2, 0.25) is 0 Å². The van der Waals surface area contributed by atoms with Crippen LogP contribution in [0.4, 0.5) is 10.5 Å². The average molecular weight is 478 g/mol. The Labute approximate surface area is 203 Å². The summed E-state index contributed by atoms with van der Waals surface area (Å²) in [6, 6.07) is 1.38. The Morgan fingerprint density at radius 1 is 1.06 bits per heavy atom. The third-order valence-corrected chi connectivity index (χ3v) is 7.40. The molecule has 1 aromatic carbocycles. The van der Waals surface area contributed by atoms with Crippen LogP contribution in [0.1, 0.15) is 67.7 Å². The van der Waals surface area contributed by atoms with Gasteiger partial charge in [0.05, 0.1) is 5.56 Å². The number of amides is 4. The van der Waals surface area contributed by atoms with Crippen LogP contribution in [0.5, 0.6) is 0 Å². The average Bonchev–Trinajstić information content (AvgIpc) is 2.84. The Kier molecular flexibility index (Phi) is 6.21. The molecule has 0 spiro atoms. The number of anilines is 1. The second-order valence-electron chi connectivity index (χ2n) is 9.70. The van der Waals surface area contributed by atoms with Gasteiger partial charge in [0.25, 0.3) is 11.8 Å². The largest absolute Gasteiger partial charge is 0.422 e. The van der Waals surface area contributed by atoms with Gasteiger partial charge in [-0.1, -0.05) is 26.2 Å². The maximum absolute atomic E-state index is 13.1. The summed E-state index contributed by atoms with van der Waals surface area (Å²) < 4.78 is 5.85. The van der Waals surface area contributed by atoms with Crippen molar-refractivity contribution in [3.05, 3.63) is 44.3 Å². The van der Waals surface area contributed by atoms with Crippen LogP contribution in [0.25, 0.3) is 17.0 Å². The molecule has 3 aliphatic heterocycles. The quantitative estimate of drug-likeness (QED) is 0.294. The first kappa shape index (κ1) is 23.3. The lowest BCUT2D eigenvalue weighted by molar-refractivity contribution is -0.130. The molecule has 8 nitrogen and oxygen atoms in total. The zero-order valence-corrected chi connectivity index (χ0v) is 20.4. The highest BCUT2D eigenvalue weighted by Crippen LogP contribution is 2.40. The number of urea groups is 1. The Morgan fingerprint density at radius 3 is 2.60 bits per heavy atom. The first-order chi connectivity index (χ1) is 16.9. The van der Waals surface area contributed by atoms with E-state index in [9.17, 15) is 19.2 Å². The molecule has 1 fully saturated rings. The van der Waals surface area contributed by atoms with E-state index < -0.39 is 23.5 Å². The number of carbonyl (C=O) groups is 3. The third kappa shape index (κ3) is 4.05. The van der Waals surface area contributed by atoms with Crippen LogP contribution >= 0.6 is 0 Å². The van der Waals surface area contributed by atoms with Gasteiger partial charge >= 0.3 is 11.7 Å². The van der Waals surface area contributed by atoms with Crippen molar-refractivity contribution in [2.45, 2.75) is 65.2 Å². The highest BCUT2D eigenvalue weighted by molar-refractivity contribution is 6.31. The molecule has 0 saturated carbocycles. The second-order valence-corrected chi connectivity index (χ2v) is 9.70. The van der Waals surface area contributed by atoms with E-state index in [4.69, 9.17) is 4.42 Å². The number of nitrogens with one attached hydrogen (secondary N) is 1. The van der Waals surface area contributed by atoms with Crippen LogP contribution in [-0.2, 0) is 22.4 Å². The van der Waals surface area contributed by atoms with E-state index >= 15 is 0 Å². The van der Waals surface area contributed by atoms with Crippen molar-refractivity contribution in [3.63, 3.8) is 0 Å². The van der Waals surface area contributed by atoms with E-state index in [2.05, 4.69) is 23.2 Å². The van der Waals surface area contributed by atoms with Gasteiger partial charge in [0.2, 0.25) is 0 Å². The highest BCUT2D eigenvalue weighted by Gasteiger charge is 2.36. The predicted octanol–water partition coefficient (Wildman–Crippen LogP) is 3.84. The minimum absolute atomic E-state index is 0.173. The number of benzene rings is 1. The molecular formula is C27H31N3O5. The molecule has 8 heteroatoms. The van der Waals surface area contributed by atoms with Crippen molar-refractivity contribution in [2.75, 3.05) is 24.5 Å². The summed E-state index contributed by atoms with van der Waals surface area (Å²) in [5.41, 5.74) is 4.20. The van der Waals surface area contributed by atoms with Gasteiger partial charge in [0.15, 0.2) is 0 Å². The van der Waals surface area contributed by atoms with Crippen molar-refractivity contribution in [2.24, 2.45) is 0 Å². The molecule has 0 aliphatic carbocycles. The summed E-state index contributed by atoms with van der Waals surface area (Å²) in [4.78, 5) is 54.5. The molecule has 0 unspecified atom stereocenters. The molecule has 184 valence electrons. The third-order valence-electron chi connectivity index (χ3n) is 7.40. The van der Waals surface area contributed by atoms with Crippen LogP contribution in [0.3, 0.4) is 0 Å². The monoisotopic (exact) mass is 477 g/mol. The van der Waals surface area contributed by atoms with Crippen molar-refractivity contribution >= 4 is 40.6 Å². The minimum atomic E-state index is -0.792. The zero-order valence-electron chi connectivity index (χ0n) is 20.4. The lowest BCUT2D eigenvalue weighted by Crippen LogP contribution is -2.54. The molecule has 4 heterocycles. The molecule has 5 rings (SSSR count). The zero-order chi connectivity index (χ0) is 24.7. The van der Waals surface area contributed by atoms with Crippen molar-refractivity contribution in [1.82, 2.24) is 10.2 Å². The van der Waals surface area contributed by atoms with Gasteiger partial charge in [-0.15, -0.1) is 0 Å². The Morgan fingerprint density at radius 2 is 1.83 bits per heavy atom. The predicted molar refractivity (Wildman–Crippen MR) is 133 cm³/mol. The molecule has 1 aromatic heterocycles. The molecule has 1 N–H and O–H groups in total. The Balaban J connectivity index is 1.56. The molecule has 35 heavy (non-hydrogen) atoms. The lowest BCUT2D eigenvalue weighted by Gasteiger charge is -2.37. The van der Waals surface area contributed by atoms with E-state index in [0.717, 1.165) is 73.9 Å². The molecule has 0 atom stereocenters. The lowest BCUT2D eigenvalue weighted by atomic mass is 9.88. The van der Waals surface area contributed by atoms with Crippen LogP contribution in [-0.4, -0.2) is 42.4 Å². The van der Waals surface area contributed by atoms with Gasteiger partial charge in [-0.3, -0.25) is 19.8 Å². The van der Waals surface area contributed by atoms with Crippen LogP contribution in [0.15, 0.2) is 20.9 Å².